The summed E-state index contributed by atoms with van der Waals surface area (Å²) in [6.45, 7) is 6.52. The Morgan fingerprint density at radius 2 is 1.72 bits per heavy atom. The minimum absolute atomic E-state index is 0.496. The molecule has 2 aromatic rings. The summed E-state index contributed by atoms with van der Waals surface area (Å²) in [5, 5.41) is 0.496. The molecular formula is C18H23ClN4O2. The Bertz CT molecular complexity index is 713. The quantitative estimate of drug-likeness (QED) is 0.762. The van der Waals surface area contributed by atoms with Crippen molar-refractivity contribution >= 4 is 17.4 Å². The van der Waals surface area contributed by atoms with E-state index >= 15 is 0 Å². The fourth-order valence-electron chi connectivity index (χ4n) is 3.05. The summed E-state index contributed by atoms with van der Waals surface area (Å²) in [5.41, 5.74) is 1.21. The second-order valence-corrected chi connectivity index (χ2v) is 6.44. The molecule has 0 amide bonds. The van der Waals surface area contributed by atoms with Crippen LogP contribution in [0.5, 0.6) is 11.5 Å². The maximum atomic E-state index is 6.05. The Labute approximate surface area is 153 Å². The maximum Gasteiger partial charge on any atom is 0.161 e. The van der Waals surface area contributed by atoms with Crippen LogP contribution < -0.4 is 14.4 Å². The van der Waals surface area contributed by atoms with Gasteiger partial charge >= 0.3 is 0 Å². The summed E-state index contributed by atoms with van der Waals surface area (Å²) in [6, 6.07) is 7.91. The topological polar surface area (TPSA) is 50.7 Å². The number of aromatic nitrogens is 2. The minimum Gasteiger partial charge on any atom is -0.493 e. The van der Waals surface area contributed by atoms with Gasteiger partial charge in [0, 0.05) is 38.8 Å². The number of ether oxygens (including phenoxy) is 2. The van der Waals surface area contributed by atoms with Crippen LogP contribution in [0.2, 0.25) is 5.15 Å². The van der Waals surface area contributed by atoms with Crippen molar-refractivity contribution in [1.29, 1.82) is 0 Å². The second-order valence-electron chi connectivity index (χ2n) is 6.05. The summed E-state index contributed by atoms with van der Waals surface area (Å²) in [4.78, 5) is 13.3. The van der Waals surface area contributed by atoms with Crippen LogP contribution in [0.4, 0.5) is 5.82 Å². The highest BCUT2D eigenvalue weighted by Gasteiger charge is 2.19. The third-order valence-electron chi connectivity index (χ3n) is 4.34. The van der Waals surface area contributed by atoms with Gasteiger partial charge in [0.1, 0.15) is 16.8 Å². The molecule has 0 spiro atoms. The lowest BCUT2D eigenvalue weighted by Crippen LogP contribution is -2.46. The third kappa shape index (κ3) is 4.32. The number of rotatable bonds is 5. The lowest BCUT2D eigenvalue weighted by molar-refractivity contribution is 0.248. The van der Waals surface area contributed by atoms with Crippen molar-refractivity contribution in [3.05, 3.63) is 40.8 Å². The molecule has 1 aromatic heterocycles. The first kappa shape index (κ1) is 17.8. The van der Waals surface area contributed by atoms with Gasteiger partial charge in [0.15, 0.2) is 11.5 Å². The molecule has 1 aliphatic heterocycles. The molecule has 0 atom stereocenters. The van der Waals surface area contributed by atoms with E-state index in [4.69, 9.17) is 21.1 Å². The molecule has 134 valence electrons. The van der Waals surface area contributed by atoms with Crippen molar-refractivity contribution in [3.63, 3.8) is 0 Å². The molecule has 0 bridgehead atoms. The first-order chi connectivity index (χ1) is 12.1. The number of benzene rings is 1. The zero-order valence-electron chi connectivity index (χ0n) is 14.8. The van der Waals surface area contributed by atoms with Crippen LogP contribution in [0.3, 0.4) is 0 Å². The van der Waals surface area contributed by atoms with E-state index in [2.05, 4.69) is 25.8 Å². The highest BCUT2D eigenvalue weighted by molar-refractivity contribution is 6.29. The number of aryl methyl sites for hydroxylation is 1. The molecule has 7 heteroatoms. The molecule has 0 saturated carbocycles. The zero-order chi connectivity index (χ0) is 17.8. The van der Waals surface area contributed by atoms with Gasteiger partial charge in [-0.05, 0) is 24.6 Å². The van der Waals surface area contributed by atoms with E-state index in [0.29, 0.717) is 11.0 Å². The number of anilines is 1. The monoisotopic (exact) mass is 362 g/mol. The minimum atomic E-state index is 0.496. The van der Waals surface area contributed by atoms with E-state index in [1.807, 2.05) is 25.1 Å². The molecule has 1 fully saturated rings. The number of halogens is 1. The summed E-state index contributed by atoms with van der Waals surface area (Å²) in [7, 11) is 3.31. The maximum absolute atomic E-state index is 6.05. The highest BCUT2D eigenvalue weighted by Crippen LogP contribution is 2.28. The van der Waals surface area contributed by atoms with Crippen LogP contribution in [-0.2, 0) is 6.54 Å². The van der Waals surface area contributed by atoms with Crippen molar-refractivity contribution in [2.24, 2.45) is 0 Å². The fraction of sp³-hybridized carbons (Fsp3) is 0.444. The molecule has 0 radical (unpaired) electrons. The standard InChI is InChI=1S/C18H23ClN4O2/c1-13-20-17(19)11-18(21-13)23-8-6-22(7-9-23)12-14-4-5-15(24-2)16(10-14)25-3/h4-5,10-11H,6-9,12H2,1-3H3. The highest BCUT2D eigenvalue weighted by atomic mass is 35.5. The summed E-state index contributed by atoms with van der Waals surface area (Å²) >= 11 is 6.05. The zero-order valence-corrected chi connectivity index (χ0v) is 15.6. The van der Waals surface area contributed by atoms with Gasteiger partial charge in [-0.3, -0.25) is 4.90 Å². The molecule has 6 nitrogen and oxygen atoms in total. The Hall–Kier alpha value is -2.05. The molecule has 2 heterocycles. The molecule has 25 heavy (non-hydrogen) atoms. The third-order valence-corrected chi connectivity index (χ3v) is 4.54. The Kier molecular flexibility index (Phi) is 5.60. The molecular weight excluding hydrogens is 340 g/mol. The first-order valence-electron chi connectivity index (χ1n) is 8.28. The van der Waals surface area contributed by atoms with Crippen molar-refractivity contribution in [1.82, 2.24) is 14.9 Å². The van der Waals surface area contributed by atoms with E-state index in [1.54, 1.807) is 14.2 Å². The molecule has 0 N–H and O–H groups in total. The number of nitrogens with zero attached hydrogens (tertiary/aromatic N) is 4. The molecule has 1 aliphatic rings. The van der Waals surface area contributed by atoms with E-state index < -0.39 is 0 Å². The summed E-state index contributed by atoms with van der Waals surface area (Å²) < 4.78 is 10.7. The van der Waals surface area contributed by atoms with Crippen molar-refractivity contribution in [2.75, 3.05) is 45.3 Å². The van der Waals surface area contributed by atoms with E-state index in [1.165, 1.54) is 5.56 Å². The number of methoxy groups -OCH3 is 2. The molecule has 0 unspecified atom stereocenters. The van der Waals surface area contributed by atoms with Crippen molar-refractivity contribution in [3.8, 4) is 11.5 Å². The SMILES string of the molecule is COc1ccc(CN2CCN(c3cc(Cl)nc(C)n3)CC2)cc1OC. The van der Waals surface area contributed by atoms with Gasteiger partial charge in [-0.15, -0.1) is 0 Å². The Morgan fingerprint density at radius 3 is 2.36 bits per heavy atom. The van der Waals surface area contributed by atoms with Crippen LogP contribution in [0.15, 0.2) is 24.3 Å². The normalized spacial score (nSPS) is 15.3. The Balaban J connectivity index is 1.61. The van der Waals surface area contributed by atoms with E-state index in [9.17, 15) is 0 Å². The van der Waals surface area contributed by atoms with Gasteiger partial charge in [-0.2, -0.15) is 0 Å². The van der Waals surface area contributed by atoms with Gasteiger partial charge in [-0.25, -0.2) is 9.97 Å². The number of hydrogen-bond donors (Lipinski definition) is 0. The van der Waals surface area contributed by atoms with Gasteiger partial charge in [-0.1, -0.05) is 17.7 Å². The van der Waals surface area contributed by atoms with E-state index in [0.717, 1.165) is 50.0 Å². The van der Waals surface area contributed by atoms with Gasteiger partial charge in [0.25, 0.3) is 0 Å². The predicted molar refractivity (Wildman–Crippen MR) is 98.8 cm³/mol. The van der Waals surface area contributed by atoms with Crippen LogP contribution in [0, 0.1) is 6.92 Å². The molecule has 3 rings (SSSR count). The second kappa shape index (κ2) is 7.89. The van der Waals surface area contributed by atoms with Crippen LogP contribution >= 0.6 is 11.6 Å². The lowest BCUT2D eigenvalue weighted by atomic mass is 10.1. The van der Waals surface area contributed by atoms with Gasteiger partial charge in [0.05, 0.1) is 14.2 Å². The van der Waals surface area contributed by atoms with E-state index in [-0.39, 0.29) is 0 Å². The smallest absolute Gasteiger partial charge is 0.161 e. The fourth-order valence-corrected chi connectivity index (χ4v) is 3.27. The number of hydrogen-bond acceptors (Lipinski definition) is 6. The first-order valence-corrected chi connectivity index (χ1v) is 8.66. The van der Waals surface area contributed by atoms with Crippen molar-refractivity contribution in [2.45, 2.75) is 13.5 Å². The average molecular weight is 363 g/mol. The summed E-state index contributed by atoms with van der Waals surface area (Å²) in [5.74, 6) is 3.13. The number of piperazine rings is 1. The predicted octanol–water partition coefficient (Wildman–Crippen LogP) is 2.78. The van der Waals surface area contributed by atoms with Crippen LogP contribution in [0.25, 0.3) is 0 Å². The summed E-state index contributed by atoms with van der Waals surface area (Å²) in [6.07, 6.45) is 0. The van der Waals surface area contributed by atoms with Crippen LogP contribution in [0.1, 0.15) is 11.4 Å². The van der Waals surface area contributed by atoms with Gasteiger partial charge in [0.2, 0.25) is 0 Å². The lowest BCUT2D eigenvalue weighted by Gasteiger charge is -2.35. The molecule has 1 aromatic carbocycles. The van der Waals surface area contributed by atoms with Gasteiger partial charge < -0.3 is 14.4 Å². The molecule has 1 saturated heterocycles. The Morgan fingerprint density at radius 1 is 1.00 bits per heavy atom. The molecule has 0 aliphatic carbocycles. The van der Waals surface area contributed by atoms with Crippen molar-refractivity contribution < 1.29 is 9.47 Å². The largest absolute Gasteiger partial charge is 0.493 e. The van der Waals surface area contributed by atoms with Crippen LogP contribution in [-0.4, -0.2) is 55.3 Å². The average Bonchev–Trinajstić information content (AvgIpc) is 2.61.